The molecule has 0 aromatic rings. The van der Waals surface area contributed by atoms with Crippen molar-refractivity contribution in [1.29, 1.82) is 0 Å². The highest BCUT2D eigenvalue weighted by molar-refractivity contribution is 4.88. The summed E-state index contributed by atoms with van der Waals surface area (Å²) in [5.74, 6) is 0.627. The summed E-state index contributed by atoms with van der Waals surface area (Å²) < 4.78 is 0. The number of aliphatic hydroxyl groups is 2. The van der Waals surface area contributed by atoms with Crippen LogP contribution in [-0.4, -0.2) is 60.0 Å². The van der Waals surface area contributed by atoms with Gasteiger partial charge in [0.05, 0.1) is 0 Å². The molecule has 0 bridgehead atoms. The molecule has 118 valence electrons. The Balaban J connectivity index is 1.85. The highest BCUT2D eigenvalue weighted by Gasteiger charge is 2.31. The highest BCUT2D eigenvalue weighted by Crippen LogP contribution is 2.28. The largest absolute Gasteiger partial charge is 0.396 e. The minimum atomic E-state index is 0.270. The summed E-state index contributed by atoms with van der Waals surface area (Å²) in [6, 6.07) is 1.31. The minimum Gasteiger partial charge on any atom is -0.396 e. The SMILES string of the molecule is OCCCNC1CC(CCO)CN(C2CCCCC2)C1. The fourth-order valence-electron chi connectivity index (χ4n) is 3.91. The highest BCUT2D eigenvalue weighted by atomic mass is 16.3. The zero-order chi connectivity index (χ0) is 14.2. The number of rotatable bonds is 7. The molecule has 1 saturated carbocycles. The van der Waals surface area contributed by atoms with Gasteiger partial charge in [-0.1, -0.05) is 19.3 Å². The fraction of sp³-hybridized carbons (Fsp3) is 1.00. The van der Waals surface area contributed by atoms with Crippen LogP contribution in [0.1, 0.15) is 51.4 Å². The minimum absolute atomic E-state index is 0.270. The van der Waals surface area contributed by atoms with Gasteiger partial charge in [-0.2, -0.15) is 0 Å². The van der Waals surface area contributed by atoms with Crippen LogP contribution < -0.4 is 5.32 Å². The van der Waals surface area contributed by atoms with Crippen molar-refractivity contribution in [3.05, 3.63) is 0 Å². The van der Waals surface area contributed by atoms with Gasteiger partial charge in [0.1, 0.15) is 0 Å². The molecule has 4 nitrogen and oxygen atoms in total. The molecule has 2 unspecified atom stereocenters. The maximum Gasteiger partial charge on any atom is 0.0443 e. The first-order valence-corrected chi connectivity index (χ1v) is 8.52. The van der Waals surface area contributed by atoms with Gasteiger partial charge in [-0.25, -0.2) is 0 Å². The van der Waals surface area contributed by atoms with Gasteiger partial charge in [-0.15, -0.1) is 0 Å². The fourth-order valence-corrected chi connectivity index (χ4v) is 3.91. The lowest BCUT2D eigenvalue weighted by Crippen LogP contribution is -2.53. The van der Waals surface area contributed by atoms with Crippen molar-refractivity contribution in [2.45, 2.75) is 63.5 Å². The summed E-state index contributed by atoms with van der Waals surface area (Å²) in [4.78, 5) is 2.68. The predicted octanol–water partition coefficient (Wildman–Crippen LogP) is 1.36. The van der Waals surface area contributed by atoms with Crippen LogP contribution in [0.4, 0.5) is 0 Å². The number of hydrogen-bond donors (Lipinski definition) is 3. The van der Waals surface area contributed by atoms with Crippen molar-refractivity contribution >= 4 is 0 Å². The van der Waals surface area contributed by atoms with E-state index in [9.17, 15) is 5.11 Å². The third kappa shape index (κ3) is 4.99. The molecule has 0 spiro atoms. The lowest BCUT2D eigenvalue weighted by atomic mass is 9.87. The third-order valence-corrected chi connectivity index (χ3v) is 4.96. The molecule has 2 fully saturated rings. The van der Waals surface area contributed by atoms with E-state index < -0.39 is 0 Å². The molecular weight excluding hydrogens is 252 g/mol. The first kappa shape index (κ1) is 16.2. The van der Waals surface area contributed by atoms with Crippen LogP contribution in [0.15, 0.2) is 0 Å². The van der Waals surface area contributed by atoms with Crippen molar-refractivity contribution in [1.82, 2.24) is 10.2 Å². The van der Waals surface area contributed by atoms with Crippen molar-refractivity contribution in [2.24, 2.45) is 5.92 Å². The molecule has 1 heterocycles. The van der Waals surface area contributed by atoms with Crippen LogP contribution >= 0.6 is 0 Å². The van der Waals surface area contributed by atoms with Gasteiger partial charge in [0.2, 0.25) is 0 Å². The standard InChI is InChI=1S/C16H32N2O2/c19-9-4-8-17-15-11-14(7-10-20)12-18(13-15)16-5-2-1-3-6-16/h14-17,19-20H,1-13H2. The summed E-state index contributed by atoms with van der Waals surface area (Å²) in [5.41, 5.74) is 0. The van der Waals surface area contributed by atoms with E-state index in [-0.39, 0.29) is 6.61 Å². The molecule has 0 aromatic heterocycles. The zero-order valence-corrected chi connectivity index (χ0v) is 12.8. The maximum absolute atomic E-state index is 9.24. The monoisotopic (exact) mass is 284 g/mol. The van der Waals surface area contributed by atoms with E-state index in [0.29, 0.717) is 18.6 Å². The Labute approximate surface area is 123 Å². The van der Waals surface area contributed by atoms with Crippen LogP contribution in [0.5, 0.6) is 0 Å². The molecule has 1 aliphatic carbocycles. The number of hydrogen-bond acceptors (Lipinski definition) is 4. The van der Waals surface area contributed by atoms with Gasteiger partial charge in [0.25, 0.3) is 0 Å². The van der Waals surface area contributed by atoms with Crippen LogP contribution in [0.2, 0.25) is 0 Å². The second-order valence-electron chi connectivity index (χ2n) is 6.59. The first-order chi connectivity index (χ1) is 9.83. The van der Waals surface area contributed by atoms with E-state index in [1.54, 1.807) is 0 Å². The molecule has 2 rings (SSSR count). The molecule has 2 aliphatic rings. The van der Waals surface area contributed by atoms with Gasteiger partial charge in [-0.05, 0) is 44.6 Å². The molecule has 20 heavy (non-hydrogen) atoms. The molecule has 2 atom stereocenters. The molecule has 1 saturated heterocycles. The average molecular weight is 284 g/mol. The Morgan fingerprint density at radius 2 is 1.80 bits per heavy atom. The van der Waals surface area contributed by atoms with E-state index >= 15 is 0 Å². The molecule has 0 aromatic carbocycles. The Morgan fingerprint density at radius 3 is 2.50 bits per heavy atom. The maximum atomic E-state index is 9.24. The van der Waals surface area contributed by atoms with Gasteiger partial charge in [0.15, 0.2) is 0 Å². The molecule has 0 amide bonds. The lowest BCUT2D eigenvalue weighted by molar-refractivity contribution is 0.0674. The van der Waals surface area contributed by atoms with Crippen molar-refractivity contribution < 1.29 is 10.2 Å². The third-order valence-electron chi connectivity index (χ3n) is 4.96. The van der Waals surface area contributed by atoms with Gasteiger partial charge in [-0.3, -0.25) is 4.90 Å². The Hall–Kier alpha value is -0.160. The Kier molecular flexibility index (Phi) is 7.28. The van der Waals surface area contributed by atoms with Gasteiger partial charge >= 0.3 is 0 Å². The number of nitrogens with one attached hydrogen (secondary N) is 1. The van der Waals surface area contributed by atoms with E-state index in [2.05, 4.69) is 10.2 Å². The quantitative estimate of drug-likeness (QED) is 0.618. The number of aliphatic hydroxyl groups excluding tert-OH is 2. The second-order valence-corrected chi connectivity index (χ2v) is 6.59. The zero-order valence-electron chi connectivity index (χ0n) is 12.8. The second kappa shape index (κ2) is 8.98. The summed E-state index contributed by atoms with van der Waals surface area (Å²) in [6.07, 6.45) is 9.83. The van der Waals surface area contributed by atoms with Crippen LogP contribution in [0.3, 0.4) is 0 Å². The number of nitrogens with zero attached hydrogens (tertiary/aromatic N) is 1. The Bertz CT molecular complexity index is 257. The van der Waals surface area contributed by atoms with Crippen molar-refractivity contribution in [3.63, 3.8) is 0 Å². The normalized spacial score (nSPS) is 29.7. The van der Waals surface area contributed by atoms with Crippen LogP contribution in [-0.2, 0) is 0 Å². The summed E-state index contributed by atoms with van der Waals surface area (Å²) in [6.45, 7) is 3.81. The van der Waals surface area contributed by atoms with E-state index in [0.717, 1.165) is 32.0 Å². The van der Waals surface area contributed by atoms with E-state index in [1.165, 1.54) is 45.1 Å². The topological polar surface area (TPSA) is 55.7 Å². The van der Waals surface area contributed by atoms with Crippen LogP contribution in [0, 0.1) is 5.92 Å². The van der Waals surface area contributed by atoms with Crippen LogP contribution in [0.25, 0.3) is 0 Å². The van der Waals surface area contributed by atoms with Crippen molar-refractivity contribution in [3.8, 4) is 0 Å². The molecule has 1 aliphatic heterocycles. The van der Waals surface area contributed by atoms with E-state index in [1.807, 2.05) is 0 Å². The number of piperidine rings is 1. The van der Waals surface area contributed by atoms with Gasteiger partial charge < -0.3 is 15.5 Å². The number of likely N-dealkylation sites (tertiary alicyclic amines) is 1. The smallest absolute Gasteiger partial charge is 0.0443 e. The molecule has 4 heteroatoms. The summed E-state index contributed by atoms with van der Waals surface area (Å²) in [5, 5.41) is 21.7. The first-order valence-electron chi connectivity index (χ1n) is 8.52. The molecular formula is C16H32N2O2. The summed E-state index contributed by atoms with van der Waals surface area (Å²) >= 11 is 0. The summed E-state index contributed by atoms with van der Waals surface area (Å²) in [7, 11) is 0. The lowest BCUT2D eigenvalue weighted by Gasteiger charge is -2.43. The Morgan fingerprint density at radius 1 is 1.00 bits per heavy atom. The van der Waals surface area contributed by atoms with Gasteiger partial charge in [0, 0.05) is 38.4 Å². The average Bonchev–Trinajstić information content (AvgIpc) is 2.49. The molecule has 0 radical (unpaired) electrons. The van der Waals surface area contributed by atoms with Crippen molar-refractivity contribution in [2.75, 3.05) is 32.8 Å². The predicted molar refractivity (Wildman–Crippen MR) is 81.7 cm³/mol. The van der Waals surface area contributed by atoms with E-state index in [4.69, 9.17) is 5.11 Å². The molecule has 3 N–H and O–H groups in total.